The average Bonchev–Trinajstić information content (AvgIpc) is 2.31. The van der Waals surface area contributed by atoms with E-state index in [-0.39, 0.29) is 12.6 Å². The molecule has 3 nitrogen and oxygen atoms in total. The van der Waals surface area contributed by atoms with Crippen LogP contribution in [0.4, 0.5) is 0 Å². The second kappa shape index (κ2) is 6.66. The van der Waals surface area contributed by atoms with Gasteiger partial charge in [-0.3, -0.25) is 0 Å². The molecule has 1 unspecified atom stereocenters. The molecule has 0 amide bonds. The average molecular weight is 314 g/mol. The Labute approximate surface area is 117 Å². The zero-order valence-electron chi connectivity index (χ0n) is 10.6. The molecule has 1 aliphatic carbocycles. The number of aliphatic hydroxyl groups excluding tert-OH is 1. The second-order valence-electron chi connectivity index (χ2n) is 4.92. The van der Waals surface area contributed by atoms with Crippen molar-refractivity contribution in [1.29, 1.82) is 0 Å². The highest BCUT2D eigenvalue weighted by Gasteiger charge is 2.31. The van der Waals surface area contributed by atoms with Gasteiger partial charge in [-0.1, -0.05) is 28.1 Å². The van der Waals surface area contributed by atoms with Crippen molar-refractivity contribution in [2.24, 2.45) is 0 Å². The van der Waals surface area contributed by atoms with Gasteiger partial charge in [-0.2, -0.15) is 0 Å². The van der Waals surface area contributed by atoms with Crippen LogP contribution in [-0.4, -0.2) is 37.5 Å². The van der Waals surface area contributed by atoms with E-state index in [4.69, 9.17) is 4.74 Å². The highest BCUT2D eigenvalue weighted by molar-refractivity contribution is 9.10. The minimum absolute atomic E-state index is 0.0588. The molecule has 2 N–H and O–H groups in total. The van der Waals surface area contributed by atoms with Gasteiger partial charge in [-0.25, -0.2) is 0 Å². The lowest BCUT2D eigenvalue weighted by molar-refractivity contribution is 0.110. The van der Waals surface area contributed by atoms with Gasteiger partial charge >= 0.3 is 0 Å². The first-order valence-corrected chi connectivity index (χ1v) is 7.13. The summed E-state index contributed by atoms with van der Waals surface area (Å²) in [5, 5.41) is 12.6. The first kappa shape index (κ1) is 14.0. The SMILES string of the molecule is COCC(CO)NC1CC(c2cccc(Br)c2)C1. The fourth-order valence-electron chi connectivity index (χ4n) is 2.47. The van der Waals surface area contributed by atoms with Crippen LogP contribution in [0.2, 0.25) is 0 Å². The predicted molar refractivity (Wildman–Crippen MR) is 75.8 cm³/mol. The molecule has 4 heteroatoms. The minimum Gasteiger partial charge on any atom is -0.395 e. The molecular formula is C14H20BrNO2. The van der Waals surface area contributed by atoms with Gasteiger partial charge < -0.3 is 15.2 Å². The summed E-state index contributed by atoms with van der Waals surface area (Å²) < 4.78 is 6.21. The maximum atomic E-state index is 9.20. The quantitative estimate of drug-likeness (QED) is 0.846. The van der Waals surface area contributed by atoms with Crippen molar-refractivity contribution in [3.8, 4) is 0 Å². The van der Waals surface area contributed by atoms with E-state index in [2.05, 4.69) is 45.5 Å². The summed E-state index contributed by atoms with van der Waals surface area (Å²) in [5.41, 5.74) is 1.40. The number of aliphatic hydroxyl groups is 1. The van der Waals surface area contributed by atoms with Crippen LogP contribution in [0.1, 0.15) is 24.3 Å². The fourth-order valence-corrected chi connectivity index (χ4v) is 2.89. The number of halogens is 1. The number of benzene rings is 1. The molecule has 1 aromatic rings. The molecule has 0 saturated heterocycles. The van der Waals surface area contributed by atoms with E-state index in [9.17, 15) is 5.11 Å². The highest BCUT2D eigenvalue weighted by Crippen LogP contribution is 2.37. The normalized spacial score (nSPS) is 24.6. The van der Waals surface area contributed by atoms with Crippen LogP contribution in [0.25, 0.3) is 0 Å². The third-order valence-electron chi connectivity index (χ3n) is 3.52. The number of rotatable bonds is 6. The Bertz CT molecular complexity index is 380. The van der Waals surface area contributed by atoms with Crippen LogP contribution < -0.4 is 5.32 Å². The number of ether oxygens (including phenoxy) is 1. The standard InChI is InChI=1S/C14H20BrNO2/c1-18-9-14(8-17)16-13-6-11(7-13)10-3-2-4-12(15)5-10/h2-5,11,13-14,16-17H,6-9H2,1H3. The van der Waals surface area contributed by atoms with Crippen LogP contribution in [0, 0.1) is 0 Å². The molecule has 1 saturated carbocycles. The largest absolute Gasteiger partial charge is 0.395 e. The van der Waals surface area contributed by atoms with Gasteiger partial charge in [0.25, 0.3) is 0 Å². The van der Waals surface area contributed by atoms with E-state index in [1.807, 2.05) is 0 Å². The van der Waals surface area contributed by atoms with Crippen molar-refractivity contribution in [2.45, 2.75) is 30.8 Å². The van der Waals surface area contributed by atoms with Crippen molar-refractivity contribution >= 4 is 15.9 Å². The van der Waals surface area contributed by atoms with E-state index < -0.39 is 0 Å². The maximum absolute atomic E-state index is 9.20. The molecule has 0 spiro atoms. The first-order valence-electron chi connectivity index (χ1n) is 6.34. The number of hydrogen-bond acceptors (Lipinski definition) is 3. The van der Waals surface area contributed by atoms with Crippen LogP contribution in [0.15, 0.2) is 28.7 Å². The summed E-state index contributed by atoms with van der Waals surface area (Å²) in [7, 11) is 1.66. The smallest absolute Gasteiger partial charge is 0.0638 e. The lowest BCUT2D eigenvalue weighted by atomic mass is 9.75. The monoisotopic (exact) mass is 313 g/mol. The number of methoxy groups -OCH3 is 1. The van der Waals surface area contributed by atoms with Crippen molar-refractivity contribution in [3.63, 3.8) is 0 Å². The maximum Gasteiger partial charge on any atom is 0.0638 e. The molecule has 0 aliphatic heterocycles. The number of nitrogens with one attached hydrogen (secondary N) is 1. The lowest BCUT2D eigenvalue weighted by Crippen LogP contribution is -2.48. The lowest BCUT2D eigenvalue weighted by Gasteiger charge is -2.38. The summed E-state index contributed by atoms with van der Waals surface area (Å²) >= 11 is 3.51. The van der Waals surface area contributed by atoms with Crippen LogP contribution >= 0.6 is 15.9 Å². The van der Waals surface area contributed by atoms with Crippen molar-refractivity contribution < 1.29 is 9.84 Å². The third kappa shape index (κ3) is 3.54. The molecule has 0 aromatic heterocycles. The van der Waals surface area contributed by atoms with Gasteiger partial charge in [0.05, 0.1) is 19.3 Å². The Kier molecular flexibility index (Phi) is 5.18. The van der Waals surface area contributed by atoms with Crippen LogP contribution in [0.5, 0.6) is 0 Å². The molecule has 100 valence electrons. The van der Waals surface area contributed by atoms with Gasteiger partial charge in [-0.15, -0.1) is 0 Å². The summed E-state index contributed by atoms with van der Waals surface area (Å²) in [6.07, 6.45) is 2.27. The molecular weight excluding hydrogens is 294 g/mol. The van der Waals surface area contributed by atoms with Gasteiger partial charge in [0.15, 0.2) is 0 Å². The predicted octanol–water partition coefficient (Wildman–Crippen LogP) is 2.29. The molecule has 18 heavy (non-hydrogen) atoms. The Balaban J connectivity index is 1.80. The van der Waals surface area contributed by atoms with E-state index >= 15 is 0 Å². The zero-order valence-corrected chi connectivity index (χ0v) is 12.2. The summed E-state index contributed by atoms with van der Waals surface area (Å²) in [6, 6.07) is 9.08. The van der Waals surface area contributed by atoms with Crippen molar-refractivity contribution in [1.82, 2.24) is 5.32 Å². The molecule has 0 heterocycles. The fraction of sp³-hybridized carbons (Fsp3) is 0.571. The van der Waals surface area contributed by atoms with Gasteiger partial charge in [0.1, 0.15) is 0 Å². The van der Waals surface area contributed by atoms with E-state index in [0.717, 1.165) is 17.3 Å². The third-order valence-corrected chi connectivity index (χ3v) is 4.01. The Morgan fingerprint density at radius 3 is 2.89 bits per heavy atom. The first-order chi connectivity index (χ1) is 8.72. The van der Waals surface area contributed by atoms with E-state index in [0.29, 0.717) is 18.6 Å². The summed E-state index contributed by atoms with van der Waals surface area (Å²) in [6.45, 7) is 0.695. The molecule has 1 fully saturated rings. The second-order valence-corrected chi connectivity index (χ2v) is 5.84. The molecule has 1 aliphatic rings. The summed E-state index contributed by atoms with van der Waals surface area (Å²) in [5.74, 6) is 0.641. The van der Waals surface area contributed by atoms with E-state index in [1.54, 1.807) is 7.11 Å². The molecule has 0 radical (unpaired) electrons. The minimum atomic E-state index is 0.0588. The molecule has 2 rings (SSSR count). The van der Waals surface area contributed by atoms with Gasteiger partial charge in [0, 0.05) is 17.6 Å². The van der Waals surface area contributed by atoms with Crippen molar-refractivity contribution in [3.05, 3.63) is 34.3 Å². The molecule has 1 atom stereocenters. The van der Waals surface area contributed by atoms with Crippen molar-refractivity contribution in [2.75, 3.05) is 20.3 Å². The molecule has 0 bridgehead atoms. The van der Waals surface area contributed by atoms with E-state index in [1.165, 1.54) is 5.56 Å². The van der Waals surface area contributed by atoms with Gasteiger partial charge in [-0.05, 0) is 36.5 Å². The Morgan fingerprint density at radius 2 is 2.28 bits per heavy atom. The van der Waals surface area contributed by atoms with Crippen LogP contribution in [-0.2, 0) is 4.74 Å². The molecule has 1 aromatic carbocycles. The van der Waals surface area contributed by atoms with Gasteiger partial charge in [0.2, 0.25) is 0 Å². The number of hydrogen-bond donors (Lipinski definition) is 2. The Morgan fingerprint density at radius 1 is 1.50 bits per heavy atom. The highest BCUT2D eigenvalue weighted by atomic mass is 79.9. The topological polar surface area (TPSA) is 41.5 Å². The zero-order chi connectivity index (χ0) is 13.0. The van der Waals surface area contributed by atoms with Crippen LogP contribution in [0.3, 0.4) is 0 Å². The summed E-state index contributed by atoms with van der Waals surface area (Å²) in [4.78, 5) is 0. The Hall–Kier alpha value is -0.420.